The van der Waals surface area contributed by atoms with E-state index in [2.05, 4.69) is 20.3 Å². The van der Waals surface area contributed by atoms with E-state index in [9.17, 15) is 0 Å². The Bertz CT molecular complexity index is 904. The van der Waals surface area contributed by atoms with Gasteiger partial charge in [0, 0.05) is 24.0 Å². The maximum atomic E-state index is 5.78. The fourth-order valence-corrected chi connectivity index (χ4v) is 3.29. The normalized spacial score (nSPS) is 10.5. The molecule has 0 fully saturated rings. The maximum absolute atomic E-state index is 5.78. The highest BCUT2D eigenvalue weighted by Gasteiger charge is 2.15. The third-order valence-corrected chi connectivity index (χ3v) is 4.63. The van der Waals surface area contributed by atoms with Gasteiger partial charge < -0.3 is 25.3 Å². The number of benzene rings is 1. The minimum absolute atomic E-state index is 0.433. The molecule has 0 amide bonds. The molecule has 3 aromatic rings. The SMILES string of the molecule is COc1cc(Nc2nccc(-c3sc(N)nc3C)n2)cc(OC)c1OC. The predicted octanol–water partition coefficient (Wildman–Crippen LogP) is 3.26. The molecule has 8 nitrogen and oxygen atoms in total. The molecule has 9 heteroatoms. The van der Waals surface area contributed by atoms with Gasteiger partial charge in [-0.05, 0) is 13.0 Å². The summed E-state index contributed by atoms with van der Waals surface area (Å²) in [4.78, 5) is 14.0. The third-order valence-electron chi connectivity index (χ3n) is 3.62. The Morgan fingerprint density at radius 2 is 1.73 bits per heavy atom. The second-order valence-corrected chi connectivity index (χ2v) is 6.30. The summed E-state index contributed by atoms with van der Waals surface area (Å²) in [6.07, 6.45) is 1.68. The van der Waals surface area contributed by atoms with Crippen molar-refractivity contribution in [2.45, 2.75) is 6.92 Å². The summed E-state index contributed by atoms with van der Waals surface area (Å²) in [7, 11) is 4.69. The molecule has 0 saturated heterocycles. The molecule has 2 heterocycles. The Morgan fingerprint density at radius 3 is 2.27 bits per heavy atom. The van der Waals surface area contributed by atoms with Crippen LogP contribution in [0.15, 0.2) is 24.4 Å². The quantitative estimate of drug-likeness (QED) is 0.678. The van der Waals surface area contributed by atoms with Crippen molar-refractivity contribution in [2.75, 3.05) is 32.4 Å². The number of anilines is 3. The van der Waals surface area contributed by atoms with E-state index in [1.807, 2.05) is 13.0 Å². The van der Waals surface area contributed by atoms with Gasteiger partial charge in [0.05, 0.1) is 37.6 Å². The van der Waals surface area contributed by atoms with Crippen molar-refractivity contribution in [2.24, 2.45) is 0 Å². The molecular weight excluding hydrogens is 354 g/mol. The second-order valence-electron chi connectivity index (χ2n) is 5.27. The van der Waals surface area contributed by atoms with E-state index in [0.29, 0.717) is 34.0 Å². The van der Waals surface area contributed by atoms with Crippen LogP contribution >= 0.6 is 11.3 Å². The average molecular weight is 373 g/mol. The molecule has 0 aliphatic heterocycles. The molecule has 0 spiro atoms. The lowest BCUT2D eigenvalue weighted by molar-refractivity contribution is 0.324. The standard InChI is InChI=1S/C17H19N5O3S/c1-9-15(26-16(18)20-9)11-5-6-19-17(22-11)21-10-7-12(23-2)14(25-4)13(8-10)24-3/h5-8H,1-4H3,(H2,18,20)(H,19,21,22). The molecule has 0 aliphatic carbocycles. The number of methoxy groups -OCH3 is 3. The van der Waals surface area contributed by atoms with Crippen molar-refractivity contribution in [1.29, 1.82) is 0 Å². The topological polar surface area (TPSA) is 104 Å². The van der Waals surface area contributed by atoms with E-state index in [0.717, 1.165) is 16.3 Å². The fraction of sp³-hybridized carbons (Fsp3) is 0.235. The summed E-state index contributed by atoms with van der Waals surface area (Å²) >= 11 is 1.39. The van der Waals surface area contributed by atoms with Gasteiger partial charge in [-0.15, -0.1) is 0 Å². The van der Waals surface area contributed by atoms with E-state index in [1.54, 1.807) is 39.7 Å². The molecule has 0 bridgehead atoms. The maximum Gasteiger partial charge on any atom is 0.227 e. The summed E-state index contributed by atoms with van der Waals surface area (Å²) in [6.45, 7) is 1.90. The number of ether oxygens (including phenoxy) is 3. The monoisotopic (exact) mass is 373 g/mol. The molecule has 136 valence electrons. The fourth-order valence-electron chi connectivity index (χ4n) is 2.48. The van der Waals surface area contributed by atoms with E-state index < -0.39 is 0 Å². The lowest BCUT2D eigenvalue weighted by Crippen LogP contribution is -2.00. The zero-order chi connectivity index (χ0) is 18.7. The summed E-state index contributed by atoms with van der Waals surface area (Å²) < 4.78 is 16.1. The van der Waals surface area contributed by atoms with Gasteiger partial charge in [-0.25, -0.2) is 15.0 Å². The number of rotatable bonds is 6. The van der Waals surface area contributed by atoms with E-state index >= 15 is 0 Å². The number of aromatic nitrogens is 3. The van der Waals surface area contributed by atoms with Crippen LogP contribution in [0.1, 0.15) is 5.69 Å². The molecule has 1 aromatic carbocycles. The Balaban J connectivity index is 1.94. The van der Waals surface area contributed by atoms with Gasteiger partial charge in [-0.3, -0.25) is 0 Å². The van der Waals surface area contributed by atoms with Gasteiger partial charge in [0.2, 0.25) is 11.7 Å². The van der Waals surface area contributed by atoms with Gasteiger partial charge >= 0.3 is 0 Å². The molecule has 2 aromatic heterocycles. The van der Waals surface area contributed by atoms with E-state index in [1.165, 1.54) is 11.3 Å². The third kappa shape index (κ3) is 3.47. The Hall–Kier alpha value is -3.07. The summed E-state index contributed by atoms with van der Waals surface area (Å²) in [5, 5.41) is 3.67. The van der Waals surface area contributed by atoms with Gasteiger partial charge in [0.25, 0.3) is 0 Å². The average Bonchev–Trinajstić information content (AvgIpc) is 2.99. The first kappa shape index (κ1) is 17.7. The Kier molecular flexibility index (Phi) is 5.08. The molecule has 0 radical (unpaired) electrons. The van der Waals surface area contributed by atoms with Crippen LogP contribution in [0, 0.1) is 6.92 Å². The number of nitrogen functional groups attached to an aromatic ring is 1. The molecule has 0 atom stereocenters. The number of nitrogens with zero attached hydrogens (tertiary/aromatic N) is 3. The molecular formula is C17H19N5O3S. The predicted molar refractivity (Wildman–Crippen MR) is 102 cm³/mol. The molecule has 0 saturated carbocycles. The zero-order valence-corrected chi connectivity index (χ0v) is 15.7. The molecule has 3 N–H and O–H groups in total. The van der Waals surface area contributed by atoms with Crippen molar-refractivity contribution < 1.29 is 14.2 Å². The number of thiazole rings is 1. The van der Waals surface area contributed by atoms with E-state index in [4.69, 9.17) is 19.9 Å². The van der Waals surface area contributed by atoms with Crippen LogP contribution in [-0.4, -0.2) is 36.3 Å². The van der Waals surface area contributed by atoms with Gasteiger partial charge in [-0.1, -0.05) is 11.3 Å². The van der Waals surface area contributed by atoms with Crippen LogP contribution in [0.25, 0.3) is 10.6 Å². The number of nitrogens with one attached hydrogen (secondary N) is 1. The summed E-state index contributed by atoms with van der Waals surface area (Å²) in [5.41, 5.74) is 8.07. The van der Waals surface area contributed by atoms with Crippen molar-refractivity contribution in [3.63, 3.8) is 0 Å². The van der Waals surface area contributed by atoms with Crippen LogP contribution in [0.3, 0.4) is 0 Å². The highest BCUT2D eigenvalue weighted by molar-refractivity contribution is 7.18. The lowest BCUT2D eigenvalue weighted by atomic mass is 10.2. The van der Waals surface area contributed by atoms with Gasteiger partial charge in [0.1, 0.15) is 0 Å². The van der Waals surface area contributed by atoms with Gasteiger partial charge in [0.15, 0.2) is 16.6 Å². The van der Waals surface area contributed by atoms with Crippen molar-refractivity contribution in [3.8, 4) is 27.8 Å². The van der Waals surface area contributed by atoms with E-state index in [-0.39, 0.29) is 0 Å². The second kappa shape index (κ2) is 7.44. The smallest absolute Gasteiger partial charge is 0.227 e. The molecule has 26 heavy (non-hydrogen) atoms. The van der Waals surface area contributed by atoms with Crippen LogP contribution in [0.5, 0.6) is 17.2 Å². The first-order valence-electron chi connectivity index (χ1n) is 7.69. The van der Waals surface area contributed by atoms with Crippen molar-refractivity contribution in [3.05, 3.63) is 30.1 Å². The summed E-state index contributed by atoms with van der Waals surface area (Å²) in [5.74, 6) is 2.03. The zero-order valence-electron chi connectivity index (χ0n) is 14.9. The van der Waals surface area contributed by atoms with Crippen molar-refractivity contribution >= 4 is 28.1 Å². The van der Waals surface area contributed by atoms with Gasteiger partial charge in [-0.2, -0.15) is 0 Å². The molecule has 0 aliphatic rings. The summed E-state index contributed by atoms with van der Waals surface area (Å²) in [6, 6.07) is 5.39. The number of hydrogen-bond acceptors (Lipinski definition) is 9. The number of hydrogen-bond donors (Lipinski definition) is 2. The largest absolute Gasteiger partial charge is 0.493 e. The number of aryl methyl sites for hydroxylation is 1. The minimum Gasteiger partial charge on any atom is -0.493 e. The highest BCUT2D eigenvalue weighted by Crippen LogP contribution is 2.40. The minimum atomic E-state index is 0.433. The van der Waals surface area contributed by atoms with Crippen LogP contribution in [-0.2, 0) is 0 Å². The van der Waals surface area contributed by atoms with Crippen LogP contribution in [0.4, 0.5) is 16.8 Å². The Labute approximate surface area is 155 Å². The Morgan fingerprint density at radius 1 is 1.04 bits per heavy atom. The highest BCUT2D eigenvalue weighted by atomic mass is 32.1. The van der Waals surface area contributed by atoms with Crippen LogP contribution in [0.2, 0.25) is 0 Å². The first-order chi connectivity index (χ1) is 12.5. The molecule has 0 unspecified atom stereocenters. The number of nitrogens with two attached hydrogens (primary N) is 1. The van der Waals surface area contributed by atoms with Crippen molar-refractivity contribution in [1.82, 2.24) is 15.0 Å². The lowest BCUT2D eigenvalue weighted by Gasteiger charge is -2.14. The first-order valence-corrected chi connectivity index (χ1v) is 8.50. The van der Waals surface area contributed by atoms with Crippen LogP contribution < -0.4 is 25.3 Å². The molecule has 3 rings (SSSR count).